The van der Waals surface area contributed by atoms with Gasteiger partial charge in [0.15, 0.2) is 0 Å². The van der Waals surface area contributed by atoms with Crippen molar-refractivity contribution in [3.05, 3.63) is 35.9 Å². The van der Waals surface area contributed by atoms with Crippen LogP contribution < -0.4 is 5.32 Å². The number of hydrogen-bond acceptors (Lipinski definition) is 2. The van der Waals surface area contributed by atoms with Crippen molar-refractivity contribution in [1.82, 2.24) is 10.2 Å². The van der Waals surface area contributed by atoms with E-state index in [0.29, 0.717) is 5.41 Å². The lowest BCUT2D eigenvalue weighted by Gasteiger charge is -2.47. The quantitative estimate of drug-likeness (QED) is 0.861. The Morgan fingerprint density at radius 1 is 1.14 bits per heavy atom. The standard InChI is InChI=1S/C19H30N2/c1-2-18(21-13-11-20-12-14-21)16-19(9-6-10-19)15-17-7-4-3-5-8-17/h3-5,7-8,18,20H,2,6,9-16H2,1H3. The highest BCUT2D eigenvalue weighted by molar-refractivity contribution is 5.17. The van der Waals surface area contributed by atoms with E-state index in [2.05, 4.69) is 47.5 Å². The van der Waals surface area contributed by atoms with Gasteiger partial charge in [0.1, 0.15) is 0 Å². The molecular weight excluding hydrogens is 256 g/mol. The van der Waals surface area contributed by atoms with Crippen LogP contribution in [-0.2, 0) is 6.42 Å². The number of benzene rings is 1. The molecule has 1 N–H and O–H groups in total. The van der Waals surface area contributed by atoms with Crippen LogP contribution in [0.4, 0.5) is 0 Å². The summed E-state index contributed by atoms with van der Waals surface area (Å²) in [5.41, 5.74) is 2.12. The molecule has 0 amide bonds. The second-order valence-corrected chi connectivity index (χ2v) is 7.07. The minimum atomic E-state index is 0.590. The summed E-state index contributed by atoms with van der Waals surface area (Å²) in [5, 5.41) is 3.48. The van der Waals surface area contributed by atoms with E-state index in [9.17, 15) is 0 Å². The van der Waals surface area contributed by atoms with Gasteiger partial charge in [0.25, 0.3) is 0 Å². The smallest absolute Gasteiger partial charge is 0.0110 e. The van der Waals surface area contributed by atoms with Crippen LogP contribution in [-0.4, -0.2) is 37.1 Å². The maximum absolute atomic E-state index is 3.48. The first-order valence-corrected chi connectivity index (χ1v) is 8.80. The average Bonchev–Trinajstić information content (AvgIpc) is 2.51. The van der Waals surface area contributed by atoms with Gasteiger partial charge in [-0.25, -0.2) is 0 Å². The molecule has 1 saturated heterocycles. The lowest BCUT2D eigenvalue weighted by atomic mass is 9.62. The zero-order valence-electron chi connectivity index (χ0n) is 13.5. The first kappa shape index (κ1) is 15.1. The molecule has 1 aromatic rings. The normalized spacial score (nSPS) is 23.5. The summed E-state index contributed by atoms with van der Waals surface area (Å²) >= 11 is 0. The summed E-state index contributed by atoms with van der Waals surface area (Å²) in [6.07, 6.45) is 8.30. The second kappa shape index (κ2) is 6.93. The molecule has 2 nitrogen and oxygen atoms in total. The molecule has 1 aliphatic carbocycles. The fourth-order valence-electron chi connectivity index (χ4n) is 4.24. The number of piperazine rings is 1. The van der Waals surface area contributed by atoms with Gasteiger partial charge >= 0.3 is 0 Å². The molecule has 21 heavy (non-hydrogen) atoms. The van der Waals surface area contributed by atoms with Gasteiger partial charge in [-0.05, 0) is 43.1 Å². The van der Waals surface area contributed by atoms with E-state index in [0.717, 1.165) is 6.04 Å². The van der Waals surface area contributed by atoms with Crippen LogP contribution >= 0.6 is 0 Å². The van der Waals surface area contributed by atoms with Crippen molar-refractivity contribution in [3.63, 3.8) is 0 Å². The molecule has 3 rings (SSSR count). The molecule has 2 fully saturated rings. The monoisotopic (exact) mass is 286 g/mol. The van der Waals surface area contributed by atoms with E-state index < -0.39 is 0 Å². The van der Waals surface area contributed by atoms with Crippen molar-refractivity contribution in [3.8, 4) is 0 Å². The Morgan fingerprint density at radius 3 is 2.43 bits per heavy atom. The number of nitrogens with one attached hydrogen (secondary N) is 1. The number of rotatable bonds is 6. The van der Waals surface area contributed by atoms with Gasteiger partial charge in [0.2, 0.25) is 0 Å². The van der Waals surface area contributed by atoms with Crippen molar-refractivity contribution in [1.29, 1.82) is 0 Å². The van der Waals surface area contributed by atoms with Crippen molar-refractivity contribution >= 4 is 0 Å². The number of hydrogen-bond donors (Lipinski definition) is 1. The lowest BCUT2D eigenvalue weighted by Crippen LogP contribution is -2.50. The van der Waals surface area contributed by atoms with E-state index in [1.54, 1.807) is 0 Å². The molecule has 0 aromatic heterocycles. The van der Waals surface area contributed by atoms with Gasteiger partial charge in [0.05, 0.1) is 0 Å². The van der Waals surface area contributed by atoms with Crippen LogP contribution in [0, 0.1) is 5.41 Å². The topological polar surface area (TPSA) is 15.3 Å². The van der Waals surface area contributed by atoms with Crippen LogP contribution in [0.1, 0.15) is 44.6 Å². The highest BCUT2D eigenvalue weighted by Gasteiger charge is 2.39. The third-order valence-electron chi connectivity index (χ3n) is 5.64. The van der Waals surface area contributed by atoms with Crippen molar-refractivity contribution in [2.75, 3.05) is 26.2 Å². The molecule has 1 heterocycles. The minimum Gasteiger partial charge on any atom is -0.314 e. The predicted molar refractivity (Wildman–Crippen MR) is 89.6 cm³/mol. The Morgan fingerprint density at radius 2 is 1.86 bits per heavy atom. The molecule has 2 heteroatoms. The summed E-state index contributed by atoms with van der Waals surface area (Å²) in [4.78, 5) is 2.74. The molecule has 0 spiro atoms. The van der Waals surface area contributed by atoms with E-state index in [-0.39, 0.29) is 0 Å². The van der Waals surface area contributed by atoms with Crippen LogP contribution in [0.25, 0.3) is 0 Å². The van der Waals surface area contributed by atoms with Crippen LogP contribution in [0.2, 0.25) is 0 Å². The molecule has 1 saturated carbocycles. The molecule has 1 atom stereocenters. The third-order valence-corrected chi connectivity index (χ3v) is 5.64. The van der Waals surface area contributed by atoms with Crippen LogP contribution in [0.15, 0.2) is 30.3 Å². The molecular formula is C19H30N2. The van der Waals surface area contributed by atoms with E-state index >= 15 is 0 Å². The Labute approximate surface area is 129 Å². The Hall–Kier alpha value is -0.860. The average molecular weight is 286 g/mol. The fraction of sp³-hybridized carbons (Fsp3) is 0.684. The van der Waals surface area contributed by atoms with Gasteiger partial charge in [-0.15, -0.1) is 0 Å². The summed E-state index contributed by atoms with van der Waals surface area (Å²) in [6, 6.07) is 11.9. The third kappa shape index (κ3) is 3.67. The van der Waals surface area contributed by atoms with E-state index in [1.165, 1.54) is 70.3 Å². The van der Waals surface area contributed by atoms with Crippen LogP contribution in [0.3, 0.4) is 0 Å². The number of nitrogens with zero attached hydrogens (tertiary/aromatic N) is 1. The highest BCUT2D eigenvalue weighted by atomic mass is 15.2. The largest absolute Gasteiger partial charge is 0.314 e. The summed E-state index contributed by atoms with van der Waals surface area (Å²) in [7, 11) is 0. The molecule has 2 aliphatic rings. The molecule has 1 aliphatic heterocycles. The zero-order valence-corrected chi connectivity index (χ0v) is 13.5. The fourth-order valence-corrected chi connectivity index (χ4v) is 4.24. The molecule has 1 aromatic carbocycles. The Bertz CT molecular complexity index is 418. The summed E-state index contributed by atoms with van der Waals surface area (Å²) < 4.78 is 0. The minimum absolute atomic E-state index is 0.590. The summed E-state index contributed by atoms with van der Waals surface area (Å²) in [6.45, 7) is 7.19. The van der Waals surface area contributed by atoms with Crippen molar-refractivity contribution < 1.29 is 0 Å². The van der Waals surface area contributed by atoms with Gasteiger partial charge in [-0.1, -0.05) is 43.7 Å². The predicted octanol–water partition coefficient (Wildman–Crippen LogP) is 3.47. The maximum Gasteiger partial charge on any atom is 0.0110 e. The second-order valence-electron chi connectivity index (χ2n) is 7.07. The van der Waals surface area contributed by atoms with Crippen molar-refractivity contribution in [2.24, 2.45) is 5.41 Å². The lowest BCUT2D eigenvalue weighted by molar-refractivity contribution is 0.0532. The molecule has 0 radical (unpaired) electrons. The van der Waals surface area contributed by atoms with Crippen LogP contribution in [0.5, 0.6) is 0 Å². The highest BCUT2D eigenvalue weighted by Crippen LogP contribution is 2.48. The van der Waals surface area contributed by atoms with Crippen molar-refractivity contribution in [2.45, 2.75) is 51.5 Å². The first-order valence-electron chi connectivity index (χ1n) is 8.80. The Balaban J connectivity index is 1.64. The Kier molecular flexibility index (Phi) is 4.97. The molecule has 116 valence electrons. The van der Waals surface area contributed by atoms with Gasteiger partial charge in [-0.2, -0.15) is 0 Å². The van der Waals surface area contributed by atoms with Gasteiger partial charge < -0.3 is 5.32 Å². The van der Waals surface area contributed by atoms with Gasteiger partial charge in [0, 0.05) is 32.2 Å². The zero-order chi connectivity index (χ0) is 14.5. The van der Waals surface area contributed by atoms with Gasteiger partial charge in [-0.3, -0.25) is 4.90 Å². The SMILES string of the molecule is CCC(CC1(Cc2ccccc2)CCC1)N1CCNCC1. The first-order chi connectivity index (χ1) is 10.3. The summed E-state index contributed by atoms with van der Waals surface area (Å²) in [5.74, 6) is 0. The maximum atomic E-state index is 3.48. The van der Waals surface area contributed by atoms with E-state index in [4.69, 9.17) is 0 Å². The molecule has 0 bridgehead atoms. The van der Waals surface area contributed by atoms with E-state index in [1.807, 2.05) is 0 Å². The molecule has 1 unspecified atom stereocenters.